The number of aryl methyl sites for hydroxylation is 3. The third-order valence-electron chi connectivity index (χ3n) is 7.41. The lowest BCUT2D eigenvalue weighted by molar-refractivity contribution is -0.131. The van der Waals surface area contributed by atoms with Crippen molar-refractivity contribution < 1.29 is 4.79 Å². The van der Waals surface area contributed by atoms with Crippen LogP contribution in [0.2, 0.25) is 5.02 Å². The lowest BCUT2D eigenvalue weighted by atomic mass is 10.1. The summed E-state index contributed by atoms with van der Waals surface area (Å²) >= 11 is 6.15. The molecular formula is C30H29ClN6O2. The summed E-state index contributed by atoms with van der Waals surface area (Å²) < 4.78 is 3.63. The quantitative estimate of drug-likeness (QED) is 0.309. The van der Waals surface area contributed by atoms with Crippen molar-refractivity contribution in [3.63, 3.8) is 0 Å². The SMILES string of the molecule is O=C(CCc1nnc2n(CCc3ccccc3)c(=O)c3ccccc3n12)N1CCN(c2cccc(Cl)c2)CC1. The molecule has 2 aromatic heterocycles. The molecule has 3 heterocycles. The number of nitrogens with zero attached hydrogens (tertiary/aromatic N) is 6. The minimum Gasteiger partial charge on any atom is -0.368 e. The maximum absolute atomic E-state index is 13.4. The standard InChI is InChI=1S/C30H29ClN6O2/c31-23-9-6-10-24(21-23)34-17-19-35(20-18-34)28(38)14-13-27-32-33-30-36(16-15-22-7-2-1-3-8-22)29(39)25-11-4-5-12-26(25)37(27)30/h1-12,21H,13-20H2. The van der Waals surface area contributed by atoms with Gasteiger partial charge in [0, 0.05) is 56.3 Å². The summed E-state index contributed by atoms with van der Waals surface area (Å²) in [4.78, 5) is 30.7. The smallest absolute Gasteiger partial charge is 0.262 e. The third kappa shape index (κ3) is 5.12. The van der Waals surface area contributed by atoms with E-state index in [0.29, 0.717) is 60.9 Å². The minimum absolute atomic E-state index is 0.0818. The van der Waals surface area contributed by atoms with Gasteiger partial charge in [-0.15, -0.1) is 10.2 Å². The number of hydrogen-bond donors (Lipinski definition) is 0. The number of halogens is 1. The predicted octanol–water partition coefficient (Wildman–Crippen LogP) is 4.22. The Labute approximate surface area is 231 Å². The Morgan fingerprint density at radius 3 is 2.41 bits per heavy atom. The van der Waals surface area contributed by atoms with Crippen molar-refractivity contribution in [3.05, 3.63) is 106 Å². The number of piperazine rings is 1. The fraction of sp³-hybridized carbons (Fsp3) is 0.267. The zero-order valence-electron chi connectivity index (χ0n) is 21.5. The number of anilines is 1. The second-order valence-corrected chi connectivity index (χ2v) is 10.2. The molecule has 9 heteroatoms. The number of amides is 1. The molecule has 198 valence electrons. The summed E-state index contributed by atoms with van der Waals surface area (Å²) in [7, 11) is 0. The first kappa shape index (κ1) is 25.1. The highest BCUT2D eigenvalue weighted by Gasteiger charge is 2.23. The maximum Gasteiger partial charge on any atom is 0.262 e. The Hall–Kier alpha value is -4.17. The first-order valence-corrected chi connectivity index (χ1v) is 13.6. The van der Waals surface area contributed by atoms with Crippen LogP contribution in [0.4, 0.5) is 5.69 Å². The summed E-state index contributed by atoms with van der Waals surface area (Å²) in [6.07, 6.45) is 1.47. The van der Waals surface area contributed by atoms with Gasteiger partial charge in [-0.25, -0.2) is 0 Å². The molecule has 0 saturated carbocycles. The van der Waals surface area contributed by atoms with Gasteiger partial charge in [-0.1, -0.05) is 60.1 Å². The normalized spacial score (nSPS) is 13.9. The topological polar surface area (TPSA) is 75.7 Å². The molecule has 3 aromatic carbocycles. The Kier molecular flexibility index (Phi) is 7.02. The highest BCUT2D eigenvalue weighted by molar-refractivity contribution is 6.30. The fourth-order valence-corrected chi connectivity index (χ4v) is 5.51. The van der Waals surface area contributed by atoms with Gasteiger partial charge in [-0.3, -0.25) is 18.6 Å². The molecule has 8 nitrogen and oxygen atoms in total. The van der Waals surface area contributed by atoms with E-state index in [-0.39, 0.29) is 11.5 Å². The number of hydrogen-bond acceptors (Lipinski definition) is 5. The molecule has 1 amide bonds. The average Bonchev–Trinajstić information content (AvgIpc) is 3.40. The molecule has 6 rings (SSSR count). The van der Waals surface area contributed by atoms with Crippen LogP contribution in [0.5, 0.6) is 0 Å². The summed E-state index contributed by atoms with van der Waals surface area (Å²) in [5, 5.41) is 10.2. The highest BCUT2D eigenvalue weighted by Crippen LogP contribution is 2.21. The van der Waals surface area contributed by atoms with Gasteiger partial charge in [-0.2, -0.15) is 0 Å². The number of aromatic nitrogens is 4. The van der Waals surface area contributed by atoms with Crippen molar-refractivity contribution in [2.75, 3.05) is 31.1 Å². The van der Waals surface area contributed by atoms with E-state index < -0.39 is 0 Å². The number of benzene rings is 3. The van der Waals surface area contributed by atoms with Crippen molar-refractivity contribution in [3.8, 4) is 0 Å². The van der Waals surface area contributed by atoms with E-state index in [1.165, 1.54) is 0 Å². The van der Waals surface area contributed by atoms with Crippen LogP contribution >= 0.6 is 11.6 Å². The van der Waals surface area contributed by atoms with E-state index in [9.17, 15) is 9.59 Å². The van der Waals surface area contributed by atoms with E-state index >= 15 is 0 Å². The van der Waals surface area contributed by atoms with Crippen LogP contribution in [0, 0.1) is 0 Å². The molecule has 0 bridgehead atoms. The van der Waals surface area contributed by atoms with Crippen LogP contribution in [-0.2, 0) is 24.2 Å². The summed E-state index contributed by atoms with van der Waals surface area (Å²) in [5.41, 5.74) is 2.91. The van der Waals surface area contributed by atoms with Crippen LogP contribution in [0.25, 0.3) is 16.7 Å². The van der Waals surface area contributed by atoms with Gasteiger partial charge in [0.05, 0.1) is 10.9 Å². The zero-order chi connectivity index (χ0) is 26.8. The van der Waals surface area contributed by atoms with Crippen LogP contribution in [-0.4, -0.2) is 56.2 Å². The second kappa shape index (κ2) is 10.9. The number of carbonyl (C=O) groups is 1. The van der Waals surface area contributed by atoms with E-state index in [1.807, 2.05) is 76.0 Å². The predicted molar refractivity (Wildman–Crippen MR) is 153 cm³/mol. The lowest BCUT2D eigenvalue weighted by Gasteiger charge is -2.36. The molecule has 0 aliphatic carbocycles. The van der Waals surface area contributed by atoms with Gasteiger partial charge < -0.3 is 9.80 Å². The Bertz CT molecular complexity index is 1690. The van der Waals surface area contributed by atoms with Crippen LogP contribution < -0.4 is 10.5 Å². The first-order valence-electron chi connectivity index (χ1n) is 13.3. The highest BCUT2D eigenvalue weighted by atomic mass is 35.5. The van der Waals surface area contributed by atoms with E-state index in [4.69, 9.17) is 11.6 Å². The van der Waals surface area contributed by atoms with Gasteiger partial charge in [0.25, 0.3) is 5.56 Å². The van der Waals surface area contributed by atoms with Gasteiger partial charge in [0.1, 0.15) is 5.82 Å². The van der Waals surface area contributed by atoms with Crippen molar-refractivity contribution in [1.82, 2.24) is 24.1 Å². The Morgan fingerprint density at radius 2 is 1.62 bits per heavy atom. The van der Waals surface area contributed by atoms with Crippen molar-refractivity contribution in [1.29, 1.82) is 0 Å². The van der Waals surface area contributed by atoms with Crippen LogP contribution in [0.1, 0.15) is 17.8 Å². The molecule has 0 spiro atoms. The number of carbonyl (C=O) groups excluding carboxylic acids is 1. The molecule has 0 unspecified atom stereocenters. The maximum atomic E-state index is 13.4. The fourth-order valence-electron chi connectivity index (χ4n) is 5.33. The molecular weight excluding hydrogens is 512 g/mol. The average molecular weight is 541 g/mol. The molecule has 0 radical (unpaired) electrons. The monoisotopic (exact) mass is 540 g/mol. The van der Waals surface area contributed by atoms with E-state index in [1.54, 1.807) is 4.57 Å². The summed E-state index contributed by atoms with van der Waals surface area (Å²) in [6, 6.07) is 25.4. The molecule has 0 N–H and O–H groups in total. The van der Waals surface area contributed by atoms with Crippen molar-refractivity contribution in [2.24, 2.45) is 0 Å². The van der Waals surface area contributed by atoms with E-state index in [0.717, 1.165) is 29.9 Å². The van der Waals surface area contributed by atoms with Gasteiger partial charge in [-0.05, 0) is 42.3 Å². The van der Waals surface area contributed by atoms with Gasteiger partial charge in [0.15, 0.2) is 0 Å². The zero-order valence-corrected chi connectivity index (χ0v) is 22.3. The molecule has 1 saturated heterocycles. The van der Waals surface area contributed by atoms with E-state index in [2.05, 4.69) is 27.2 Å². The third-order valence-corrected chi connectivity index (χ3v) is 7.65. The number of para-hydroxylation sites is 1. The summed E-state index contributed by atoms with van der Waals surface area (Å²) in [6.45, 7) is 3.34. The first-order chi connectivity index (χ1) is 19.1. The van der Waals surface area contributed by atoms with Crippen LogP contribution in [0.3, 0.4) is 0 Å². The largest absolute Gasteiger partial charge is 0.368 e. The molecule has 5 aromatic rings. The second-order valence-electron chi connectivity index (χ2n) is 9.81. The van der Waals surface area contributed by atoms with Gasteiger partial charge in [0.2, 0.25) is 11.7 Å². The number of rotatable bonds is 7. The molecule has 39 heavy (non-hydrogen) atoms. The molecule has 0 atom stereocenters. The Balaban J connectivity index is 1.20. The van der Waals surface area contributed by atoms with Crippen molar-refractivity contribution >= 4 is 39.9 Å². The van der Waals surface area contributed by atoms with Crippen LogP contribution in [0.15, 0.2) is 83.7 Å². The minimum atomic E-state index is -0.0818. The van der Waals surface area contributed by atoms with Gasteiger partial charge >= 0.3 is 0 Å². The molecule has 1 aliphatic heterocycles. The number of fused-ring (bicyclic) bond motifs is 3. The Morgan fingerprint density at radius 1 is 0.846 bits per heavy atom. The molecule has 1 fully saturated rings. The van der Waals surface area contributed by atoms with Crippen molar-refractivity contribution in [2.45, 2.75) is 25.8 Å². The lowest BCUT2D eigenvalue weighted by Crippen LogP contribution is -2.48. The summed E-state index contributed by atoms with van der Waals surface area (Å²) in [5.74, 6) is 1.28. The molecule has 1 aliphatic rings.